The van der Waals surface area contributed by atoms with Gasteiger partial charge in [0.05, 0.1) is 25.0 Å². The number of methoxy groups -OCH3 is 1. The van der Waals surface area contributed by atoms with Crippen molar-refractivity contribution in [3.05, 3.63) is 12.4 Å². The maximum absolute atomic E-state index is 5.12. The molecule has 1 aromatic rings. The van der Waals surface area contributed by atoms with Crippen molar-refractivity contribution in [2.45, 2.75) is 44.8 Å². The Morgan fingerprint density at radius 3 is 3.10 bits per heavy atom. The minimum absolute atomic E-state index is 0.629. The van der Waals surface area contributed by atoms with Crippen LogP contribution < -0.4 is 4.90 Å². The molecule has 2 atom stereocenters. The van der Waals surface area contributed by atoms with Crippen LogP contribution in [0.5, 0.6) is 0 Å². The second kappa shape index (κ2) is 6.14. The van der Waals surface area contributed by atoms with E-state index in [0.717, 1.165) is 19.1 Å². The van der Waals surface area contributed by atoms with Gasteiger partial charge in [-0.05, 0) is 25.8 Å². The predicted molar refractivity (Wildman–Crippen MR) is 80.1 cm³/mol. The normalized spacial score (nSPS) is 27.0. The third-order valence-electron chi connectivity index (χ3n) is 4.74. The van der Waals surface area contributed by atoms with Crippen LogP contribution in [0.25, 0.3) is 0 Å². The smallest absolute Gasteiger partial charge is 0.0756 e. The molecule has 0 spiro atoms. The van der Waals surface area contributed by atoms with Crippen molar-refractivity contribution >= 4 is 5.69 Å². The molecule has 112 valence electrons. The first-order chi connectivity index (χ1) is 9.81. The molecule has 5 heteroatoms. The van der Waals surface area contributed by atoms with E-state index in [-0.39, 0.29) is 0 Å². The summed E-state index contributed by atoms with van der Waals surface area (Å²) in [6, 6.07) is 1.38. The van der Waals surface area contributed by atoms with Crippen molar-refractivity contribution in [1.29, 1.82) is 0 Å². The lowest BCUT2D eigenvalue weighted by Crippen LogP contribution is -2.56. The molecule has 0 amide bonds. The van der Waals surface area contributed by atoms with Crippen LogP contribution in [-0.4, -0.2) is 60.1 Å². The van der Waals surface area contributed by atoms with E-state index in [2.05, 4.69) is 28.0 Å². The average molecular weight is 278 g/mol. The lowest BCUT2D eigenvalue weighted by Gasteiger charge is -2.44. The molecule has 2 fully saturated rings. The molecule has 1 aromatic heterocycles. The highest BCUT2D eigenvalue weighted by Crippen LogP contribution is 2.29. The Labute approximate surface area is 121 Å². The highest BCUT2D eigenvalue weighted by atomic mass is 16.5. The molecule has 3 heterocycles. The van der Waals surface area contributed by atoms with E-state index in [4.69, 9.17) is 4.74 Å². The zero-order chi connectivity index (χ0) is 13.9. The predicted octanol–water partition coefficient (Wildman–Crippen LogP) is 1.59. The van der Waals surface area contributed by atoms with Crippen LogP contribution >= 0.6 is 0 Å². The Morgan fingerprint density at radius 2 is 2.30 bits per heavy atom. The van der Waals surface area contributed by atoms with Crippen molar-refractivity contribution < 1.29 is 4.74 Å². The highest BCUT2D eigenvalue weighted by molar-refractivity contribution is 5.45. The zero-order valence-corrected chi connectivity index (χ0v) is 12.7. The van der Waals surface area contributed by atoms with Gasteiger partial charge in [-0.15, -0.1) is 0 Å². The van der Waals surface area contributed by atoms with E-state index < -0.39 is 0 Å². The molecular formula is C15H26N4O. The molecule has 0 aliphatic carbocycles. The van der Waals surface area contributed by atoms with Crippen molar-refractivity contribution in [3.8, 4) is 0 Å². The second-order valence-electron chi connectivity index (χ2n) is 5.96. The van der Waals surface area contributed by atoms with E-state index in [0.29, 0.717) is 12.6 Å². The largest absolute Gasteiger partial charge is 0.383 e. The van der Waals surface area contributed by atoms with Crippen LogP contribution in [0.15, 0.2) is 12.4 Å². The molecular weight excluding hydrogens is 252 g/mol. The number of hydrogen-bond donors (Lipinski definition) is 0. The first-order valence-corrected chi connectivity index (χ1v) is 7.84. The van der Waals surface area contributed by atoms with Crippen LogP contribution in [-0.2, 0) is 11.3 Å². The molecule has 3 rings (SSSR count). The number of anilines is 1. The van der Waals surface area contributed by atoms with Gasteiger partial charge in [-0.3, -0.25) is 9.58 Å². The number of ether oxygens (including phenoxy) is 1. The van der Waals surface area contributed by atoms with Gasteiger partial charge in [0.25, 0.3) is 0 Å². The molecule has 0 saturated carbocycles. The first kappa shape index (κ1) is 13.9. The summed E-state index contributed by atoms with van der Waals surface area (Å²) >= 11 is 0. The Kier molecular flexibility index (Phi) is 4.27. The first-order valence-electron chi connectivity index (χ1n) is 7.84. The molecule has 2 aliphatic rings. The van der Waals surface area contributed by atoms with E-state index in [1.165, 1.54) is 38.0 Å². The van der Waals surface area contributed by atoms with Gasteiger partial charge in [0.2, 0.25) is 0 Å². The van der Waals surface area contributed by atoms with Crippen LogP contribution in [0, 0.1) is 0 Å². The van der Waals surface area contributed by atoms with E-state index >= 15 is 0 Å². The van der Waals surface area contributed by atoms with E-state index in [9.17, 15) is 0 Å². The molecule has 5 nitrogen and oxygen atoms in total. The van der Waals surface area contributed by atoms with Gasteiger partial charge in [-0.2, -0.15) is 5.10 Å². The molecule has 2 unspecified atom stereocenters. The summed E-state index contributed by atoms with van der Waals surface area (Å²) in [6.45, 7) is 7.51. The Balaban J connectivity index is 1.71. The molecule has 0 bridgehead atoms. The summed E-state index contributed by atoms with van der Waals surface area (Å²) in [5, 5.41) is 4.46. The molecule has 20 heavy (non-hydrogen) atoms. The fourth-order valence-electron chi connectivity index (χ4n) is 3.56. The zero-order valence-electron chi connectivity index (χ0n) is 12.7. The molecule has 0 N–H and O–H groups in total. The van der Waals surface area contributed by atoms with Gasteiger partial charge in [0.1, 0.15) is 0 Å². The van der Waals surface area contributed by atoms with Gasteiger partial charge >= 0.3 is 0 Å². The SMILES string of the molecule is CCC1CN2CCCC2CN1c1cnn(CCOC)c1. The maximum Gasteiger partial charge on any atom is 0.0756 e. The topological polar surface area (TPSA) is 33.5 Å². The van der Waals surface area contributed by atoms with Crippen LogP contribution in [0.4, 0.5) is 5.69 Å². The number of aromatic nitrogens is 2. The fraction of sp³-hybridized carbons (Fsp3) is 0.800. The number of fused-ring (bicyclic) bond motifs is 1. The van der Waals surface area contributed by atoms with Crippen LogP contribution in [0.3, 0.4) is 0 Å². The van der Waals surface area contributed by atoms with Crippen molar-refractivity contribution in [2.75, 3.05) is 38.3 Å². The average Bonchev–Trinajstić information content (AvgIpc) is 3.11. The molecule has 0 radical (unpaired) electrons. The summed E-state index contributed by atoms with van der Waals surface area (Å²) in [5.41, 5.74) is 1.28. The molecule has 2 saturated heterocycles. The minimum atomic E-state index is 0.629. The van der Waals surface area contributed by atoms with Gasteiger partial charge < -0.3 is 9.64 Å². The van der Waals surface area contributed by atoms with E-state index in [1.807, 2.05) is 10.9 Å². The van der Waals surface area contributed by atoms with Gasteiger partial charge in [0, 0.05) is 38.5 Å². The quantitative estimate of drug-likeness (QED) is 0.819. The van der Waals surface area contributed by atoms with Crippen LogP contribution in [0.2, 0.25) is 0 Å². The van der Waals surface area contributed by atoms with Crippen molar-refractivity contribution in [2.24, 2.45) is 0 Å². The van der Waals surface area contributed by atoms with Gasteiger partial charge in [-0.1, -0.05) is 6.92 Å². The monoisotopic (exact) mass is 278 g/mol. The minimum Gasteiger partial charge on any atom is -0.383 e. The maximum atomic E-state index is 5.12. The Morgan fingerprint density at radius 1 is 1.40 bits per heavy atom. The lowest BCUT2D eigenvalue weighted by atomic mass is 10.0. The Bertz CT molecular complexity index is 433. The fourth-order valence-corrected chi connectivity index (χ4v) is 3.56. The number of nitrogens with zero attached hydrogens (tertiary/aromatic N) is 4. The summed E-state index contributed by atoms with van der Waals surface area (Å²) in [5.74, 6) is 0. The lowest BCUT2D eigenvalue weighted by molar-refractivity contribution is 0.183. The summed E-state index contributed by atoms with van der Waals surface area (Å²) < 4.78 is 7.11. The standard InChI is InChI=1S/C15H26N4O/c1-3-13-10-17-6-4-5-14(17)12-19(13)15-9-16-18(11-15)7-8-20-2/h9,11,13-14H,3-8,10,12H2,1-2H3. The highest BCUT2D eigenvalue weighted by Gasteiger charge is 2.35. The summed E-state index contributed by atoms with van der Waals surface area (Å²) in [4.78, 5) is 5.25. The third kappa shape index (κ3) is 2.69. The summed E-state index contributed by atoms with van der Waals surface area (Å²) in [6.07, 6.45) is 8.11. The van der Waals surface area contributed by atoms with Crippen LogP contribution in [0.1, 0.15) is 26.2 Å². The van der Waals surface area contributed by atoms with Gasteiger partial charge in [-0.25, -0.2) is 0 Å². The Hall–Kier alpha value is -1.07. The second-order valence-corrected chi connectivity index (χ2v) is 5.96. The van der Waals surface area contributed by atoms with Crippen molar-refractivity contribution in [3.63, 3.8) is 0 Å². The van der Waals surface area contributed by atoms with Crippen molar-refractivity contribution in [1.82, 2.24) is 14.7 Å². The number of piperazine rings is 1. The molecule has 0 aromatic carbocycles. The number of hydrogen-bond acceptors (Lipinski definition) is 4. The number of rotatable bonds is 5. The van der Waals surface area contributed by atoms with Gasteiger partial charge in [0.15, 0.2) is 0 Å². The third-order valence-corrected chi connectivity index (χ3v) is 4.74. The molecule has 2 aliphatic heterocycles. The summed E-state index contributed by atoms with van der Waals surface area (Å²) in [7, 11) is 1.73. The van der Waals surface area contributed by atoms with E-state index in [1.54, 1.807) is 7.11 Å².